The number of aliphatic hydroxyl groups is 3. The van der Waals surface area contributed by atoms with Gasteiger partial charge in [-0.2, -0.15) is 0 Å². The average molecular weight is 493 g/mol. The molecule has 1 unspecified atom stereocenters. The first-order valence-corrected chi connectivity index (χ1v) is 12.0. The smallest absolute Gasteiger partial charge is 0.164 e. The predicted molar refractivity (Wildman–Crippen MR) is 132 cm³/mol. The van der Waals surface area contributed by atoms with E-state index in [1.807, 2.05) is 30.3 Å². The summed E-state index contributed by atoms with van der Waals surface area (Å²) in [4.78, 5) is 12.9. The van der Waals surface area contributed by atoms with Gasteiger partial charge in [0.15, 0.2) is 6.23 Å². The zero-order chi connectivity index (χ0) is 25.0. The molecule has 1 aromatic carbocycles. The van der Waals surface area contributed by atoms with Gasteiger partial charge in [0, 0.05) is 30.3 Å². The van der Waals surface area contributed by atoms with Crippen molar-refractivity contribution in [1.82, 2.24) is 19.5 Å². The fraction of sp³-hybridized carbons (Fsp3) is 0.400. The molecule has 0 bridgehead atoms. The summed E-state index contributed by atoms with van der Waals surface area (Å²) in [7, 11) is 1.80. The van der Waals surface area contributed by atoms with Crippen molar-refractivity contribution in [3.05, 3.63) is 48.4 Å². The number of benzene rings is 1. The van der Waals surface area contributed by atoms with Gasteiger partial charge in [-0.15, -0.1) is 0 Å². The molecule has 0 amide bonds. The number of nitrogens with one attached hydrogen (secondary N) is 1. The van der Waals surface area contributed by atoms with Gasteiger partial charge < -0.3 is 40.4 Å². The zero-order valence-electron chi connectivity index (χ0n) is 19.7. The van der Waals surface area contributed by atoms with Crippen molar-refractivity contribution >= 4 is 33.6 Å². The van der Waals surface area contributed by atoms with E-state index < -0.39 is 30.6 Å². The molecule has 11 nitrogen and oxygen atoms in total. The molecule has 1 saturated carbocycles. The van der Waals surface area contributed by atoms with Crippen LogP contribution < -0.4 is 15.8 Å². The molecule has 1 aliphatic heterocycles. The lowest BCUT2D eigenvalue weighted by Crippen LogP contribution is -2.34. The van der Waals surface area contributed by atoms with Gasteiger partial charge in [-0.05, 0) is 43.0 Å². The Morgan fingerprint density at radius 3 is 2.78 bits per heavy atom. The maximum atomic E-state index is 10.9. The fourth-order valence-electron chi connectivity index (χ4n) is 4.82. The highest BCUT2D eigenvalue weighted by molar-refractivity contribution is 5.90. The summed E-state index contributed by atoms with van der Waals surface area (Å²) in [5.74, 6) is 1.71. The summed E-state index contributed by atoms with van der Waals surface area (Å²) in [6, 6.07) is 9.41. The van der Waals surface area contributed by atoms with Crippen LogP contribution in [-0.2, 0) is 4.74 Å². The van der Waals surface area contributed by atoms with E-state index in [4.69, 9.17) is 15.2 Å². The molecular formula is C25H28N6O5. The Kier molecular flexibility index (Phi) is 5.64. The lowest BCUT2D eigenvalue weighted by atomic mass is 10.1. The van der Waals surface area contributed by atoms with E-state index in [0.717, 1.165) is 29.6 Å². The first-order valence-electron chi connectivity index (χ1n) is 12.0. The van der Waals surface area contributed by atoms with E-state index in [0.29, 0.717) is 22.3 Å². The van der Waals surface area contributed by atoms with E-state index in [-0.39, 0.29) is 18.3 Å². The molecule has 2 aliphatic rings. The van der Waals surface area contributed by atoms with Crippen molar-refractivity contribution in [2.24, 2.45) is 5.92 Å². The molecule has 0 spiro atoms. The highest BCUT2D eigenvalue weighted by Crippen LogP contribution is 2.45. The molecule has 188 valence electrons. The molecule has 11 heteroatoms. The van der Waals surface area contributed by atoms with Crippen LogP contribution in [0.1, 0.15) is 30.7 Å². The Balaban J connectivity index is 1.24. The molecule has 1 aliphatic carbocycles. The molecule has 4 aromatic rings. The number of hydrogen-bond acceptors (Lipinski definition) is 10. The summed E-state index contributed by atoms with van der Waals surface area (Å²) in [6.45, 7) is 0.0137. The standard InChI is InChI=1S/C25H28N6O5/c1-27-18-7-5-12-4-6-14(8-16(12)30-18)35-10-17-21(33)22(34)25(36-17)31-9-15(20(32)13-2-3-13)19-23(26)28-11-29-24(19)31/h4-9,11,13,17,20-22,25,32-34H,2-3,10H2,1H3,(H,27,30)(H2,26,28,29)/t17-,20?,21-,22-,25+/m1/s1. The quantitative estimate of drug-likeness (QED) is 0.257. The minimum atomic E-state index is -1.24. The second-order valence-corrected chi connectivity index (χ2v) is 9.39. The molecule has 4 heterocycles. The fourth-order valence-corrected chi connectivity index (χ4v) is 4.82. The van der Waals surface area contributed by atoms with Crippen LogP contribution in [0.25, 0.3) is 21.9 Å². The highest BCUT2D eigenvalue weighted by atomic mass is 16.6. The molecule has 2 fully saturated rings. The van der Waals surface area contributed by atoms with Gasteiger partial charge in [-0.25, -0.2) is 15.0 Å². The van der Waals surface area contributed by atoms with Crippen LogP contribution in [0.15, 0.2) is 42.9 Å². The number of aromatic nitrogens is 4. The Bertz CT molecular complexity index is 1420. The van der Waals surface area contributed by atoms with E-state index in [1.165, 1.54) is 6.33 Å². The average Bonchev–Trinajstić information content (AvgIpc) is 3.62. The Labute approximate surface area is 206 Å². The number of rotatable bonds is 7. The lowest BCUT2D eigenvalue weighted by molar-refractivity contribution is -0.0473. The van der Waals surface area contributed by atoms with E-state index in [2.05, 4.69) is 20.3 Å². The normalized spacial score (nSPS) is 24.9. The molecule has 0 radical (unpaired) electrons. The minimum Gasteiger partial charge on any atom is -0.491 e. The molecule has 3 aromatic heterocycles. The maximum absolute atomic E-state index is 10.9. The number of nitrogen functional groups attached to an aromatic ring is 1. The van der Waals surface area contributed by atoms with Crippen LogP contribution in [0, 0.1) is 5.92 Å². The van der Waals surface area contributed by atoms with Crippen molar-refractivity contribution < 1.29 is 24.8 Å². The molecule has 36 heavy (non-hydrogen) atoms. The van der Waals surface area contributed by atoms with Gasteiger partial charge in [0.25, 0.3) is 0 Å². The van der Waals surface area contributed by atoms with Crippen LogP contribution >= 0.6 is 0 Å². The van der Waals surface area contributed by atoms with Gasteiger partial charge >= 0.3 is 0 Å². The number of nitrogens with two attached hydrogens (primary N) is 1. The van der Waals surface area contributed by atoms with Crippen molar-refractivity contribution in [1.29, 1.82) is 0 Å². The largest absolute Gasteiger partial charge is 0.491 e. The summed E-state index contributed by atoms with van der Waals surface area (Å²) >= 11 is 0. The maximum Gasteiger partial charge on any atom is 0.164 e. The number of ether oxygens (including phenoxy) is 2. The number of anilines is 2. The van der Waals surface area contributed by atoms with E-state index in [1.54, 1.807) is 17.8 Å². The molecule has 5 atom stereocenters. The second-order valence-electron chi connectivity index (χ2n) is 9.39. The van der Waals surface area contributed by atoms with Gasteiger partial charge in [0.2, 0.25) is 0 Å². The van der Waals surface area contributed by atoms with Gasteiger partial charge in [0.05, 0.1) is 17.0 Å². The summed E-state index contributed by atoms with van der Waals surface area (Å²) < 4.78 is 13.6. The van der Waals surface area contributed by atoms with Crippen LogP contribution in [0.5, 0.6) is 5.75 Å². The number of fused-ring (bicyclic) bond motifs is 2. The Morgan fingerprint density at radius 1 is 1.19 bits per heavy atom. The van der Waals surface area contributed by atoms with Gasteiger partial charge in [-0.1, -0.05) is 0 Å². The molecule has 6 rings (SSSR count). The van der Waals surface area contributed by atoms with Crippen molar-refractivity contribution in [2.75, 3.05) is 24.7 Å². The van der Waals surface area contributed by atoms with Crippen LogP contribution in [0.3, 0.4) is 0 Å². The summed E-state index contributed by atoms with van der Waals surface area (Å²) in [6.07, 6.45) is -0.0111. The third kappa shape index (κ3) is 3.90. The zero-order valence-corrected chi connectivity index (χ0v) is 19.7. The Hall–Kier alpha value is -3.51. The third-order valence-corrected chi connectivity index (χ3v) is 7.00. The number of nitrogens with zero attached hydrogens (tertiary/aromatic N) is 4. The first-order chi connectivity index (χ1) is 17.4. The third-order valence-electron chi connectivity index (χ3n) is 7.00. The highest BCUT2D eigenvalue weighted by Gasteiger charge is 2.45. The second kappa shape index (κ2) is 8.86. The lowest BCUT2D eigenvalue weighted by Gasteiger charge is -2.17. The number of aliphatic hydroxyl groups excluding tert-OH is 3. The first kappa shape index (κ1) is 22.9. The molecule has 6 N–H and O–H groups in total. The van der Waals surface area contributed by atoms with E-state index >= 15 is 0 Å². The minimum absolute atomic E-state index is 0.0137. The summed E-state index contributed by atoms with van der Waals surface area (Å²) in [5.41, 5.74) is 7.92. The summed E-state index contributed by atoms with van der Waals surface area (Å²) in [5, 5.41) is 37.0. The van der Waals surface area contributed by atoms with Crippen LogP contribution in [0.4, 0.5) is 11.6 Å². The SMILES string of the molecule is CNc1ccc2ccc(OC[C@H]3O[C@H](n4cc(C(O)C5CC5)c5c(N)ncnc54)[C@H](O)[C@@H]3O)cc2n1. The van der Waals surface area contributed by atoms with Crippen molar-refractivity contribution in [2.45, 2.75) is 43.5 Å². The topological polar surface area (TPSA) is 161 Å². The number of hydrogen-bond donors (Lipinski definition) is 5. The van der Waals surface area contributed by atoms with Gasteiger partial charge in [-0.3, -0.25) is 0 Å². The molecule has 1 saturated heterocycles. The van der Waals surface area contributed by atoms with Crippen molar-refractivity contribution in [3.8, 4) is 5.75 Å². The monoisotopic (exact) mass is 492 g/mol. The van der Waals surface area contributed by atoms with Gasteiger partial charge in [0.1, 0.15) is 54.3 Å². The van der Waals surface area contributed by atoms with Crippen molar-refractivity contribution in [3.63, 3.8) is 0 Å². The van der Waals surface area contributed by atoms with Crippen LogP contribution in [-0.4, -0.2) is 66.8 Å². The van der Waals surface area contributed by atoms with E-state index in [9.17, 15) is 15.3 Å². The van der Waals surface area contributed by atoms with Crippen LogP contribution in [0.2, 0.25) is 0 Å². The molecular weight excluding hydrogens is 464 g/mol. The predicted octanol–water partition coefficient (Wildman–Crippen LogP) is 1.74. The number of pyridine rings is 1. The Morgan fingerprint density at radius 2 is 2.00 bits per heavy atom.